The molecule has 1 rings (SSSR count). The normalized spacial score (nSPS) is 10.5. The van der Waals surface area contributed by atoms with Crippen LogP contribution in [0.15, 0.2) is 22.3 Å². The zero-order valence-corrected chi connectivity index (χ0v) is 9.00. The number of rotatable bonds is 2. The molecular weight excluding hydrogens is 239 g/mol. The largest absolute Gasteiger partial charge is 0.508 e. The third kappa shape index (κ3) is 3.30. The number of hydrogen-bond donors (Lipinski definition) is 3. The first-order chi connectivity index (χ1) is 7.00. The second kappa shape index (κ2) is 4.86. The van der Waals surface area contributed by atoms with E-state index in [1.807, 2.05) is 0 Å². The van der Waals surface area contributed by atoms with Crippen molar-refractivity contribution in [2.45, 2.75) is 0 Å². The number of guanidine groups is 1. The molecule has 0 heterocycles. The van der Waals surface area contributed by atoms with E-state index in [2.05, 4.69) is 10.2 Å². The molecule has 0 aliphatic heterocycles. The number of aromatic hydroxyl groups is 1. The lowest BCUT2D eigenvalue weighted by Crippen LogP contribution is -2.21. The molecule has 0 bridgehead atoms. The Morgan fingerprint density at radius 2 is 1.80 bits per heavy atom. The van der Waals surface area contributed by atoms with Gasteiger partial charge in [-0.15, -0.1) is 5.10 Å². The van der Waals surface area contributed by atoms with Gasteiger partial charge in [-0.1, -0.05) is 23.2 Å². The summed E-state index contributed by atoms with van der Waals surface area (Å²) in [4.78, 5) is 0. The van der Waals surface area contributed by atoms with Crippen LogP contribution < -0.4 is 11.5 Å². The Morgan fingerprint density at radius 3 is 2.27 bits per heavy atom. The quantitative estimate of drug-likeness (QED) is 0.417. The smallest absolute Gasteiger partial charge is 0.211 e. The summed E-state index contributed by atoms with van der Waals surface area (Å²) in [5, 5.41) is 16.6. The maximum absolute atomic E-state index is 9.15. The van der Waals surface area contributed by atoms with Crippen LogP contribution in [0.1, 0.15) is 5.56 Å². The predicted molar refractivity (Wildman–Crippen MR) is 61.5 cm³/mol. The molecule has 0 saturated heterocycles. The lowest BCUT2D eigenvalue weighted by atomic mass is 10.2. The second-order valence-corrected chi connectivity index (χ2v) is 3.41. The SMILES string of the molecule is NC(N)=N/N=C/c1c(Cl)cc(O)cc1Cl. The van der Waals surface area contributed by atoms with Crippen molar-refractivity contribution in [1.29, 1.82) is 0 Å². The van der Waals surface area contributed by atoms with Crippen molar-refractivity contribution in [2.75, 3.05) is 0 Å². The number of benzene rings is 1. The number of halogens is 2. The maximum Gasteiger partial charge on any atom is 0.211 e. The molecular formula is C8H8Cl2N4O. The van der Waals surface area contributed by atoms with E-state index in [0.29, 0.717) is 5.56 Å². The van der Waals surface area contributed by atoms with Crippen LogP contribution >= 0.6 is 23.2 Å². The lowest BCUT2D eigenvalue weighted by Gasteiger charge is -2.01. The molecule has 0 spiro atoms. The fourth-order valence-electron chi connectivity index (χ4n) is 0.848. The first-order valence-corrected chi connectivity index (χ1v) is 4.56. The highest BCUT2D eigenvalue weighted by molar-refractivity contribution is 6.38. The molecule has 0 saturated carbocycles. The van der Waals surface area contributed by atoms with Crippen molar-refractivity contribution in [2.24, 2.45) is 21.7 Å². The van der Waals surface area contributed by atoms with E-state index in [9.17, 15) is 0 Å². The van der Waals surface area contributed by atoms with Crippen LogP contribution in [-0.2, 0) is 0 Å². The number of nitrogens with two attached hydrogens (primary N) is 2. The Morgan fingerprint density at radius 1 is 1.27 bits per heavy atom. The van der Waals surface area contributed by atoms with Crippen LogP contribution in [0.25, 0.3) is 0 Å². The molecule has 7 heteroatoms. The molecule has 0 aromatic heterocycles. The van der Waals surface area contributed by atoms with E-state index in [0.717, 1.165) is 0 Å². The molecule has 0 aliphatic rings. The van der Waals surface area contributed by atoms with Gasteiger partial charge in [0.15, 0.2) is 0 Å². The van der Waals surface area contributed by atoms with Gasteiger partial charge in [0, 0.05) is 5.56 Å². The van der Waals surface area contributed by atoms with Gasteiger partial charge in [-0.3, -0.25) is 0 Å². The highest BCUT2D eigenvalue weighted by Crippen LogP contribution is 2.28. The van der Waals surface area contributed by atoms with Gasteiger partial charge in [0.2, 0.25) is 5.96 Å². The zero-order valence-electron chi connectivity index (χ0n) is 7.48. The highest BCUT2D eigenvalue weighted by Gasteiger charge is 2.05. The number of hydrogen-bond acceptors (Lipinski definition) is 3. The first kappa shape index (κ1) is 11.6. The third-order valence-corrected chi connectivity index (χ3v) is 2.05. The molecule has 5 nitrogen and oxygen atoms in total. The van der Waals surface area contributed by atoms with Crippen molar-refractivity contribution < 1.29 is 5.11 Å². The summed E-state index contributed by atoms with van der Waals surface area (Å²) in [7, 11) is 0. The molecule has 1 aromatic rings. The van der Waals surface area contributed by atoms with Gasteiger partial charge in [-0.05, 0) is 12.1 Å². The Kier molecular flexibility index (Phi) is 3.76. The summed E-state index contributed by atoms with van der Waals surface area (Å²) < 4.78 is 0. The molecule has 15 heavy (non-hydrogen) atoms. The first-order valence-electron chi connectivity index (χ1n) is 3.80. The Hall–Kier alpha value is -1.46. The predicted octanol–water partition coefficient (Wildman–Crippen LogP) is 1.31. The van der Waals surface area contributed by atoms with E-state index in [1.54, 1.807) is 0 Å². The van der Waals surface area contributed by atoms with Crippen LogP contribution in [0.2, 0.25) is 10.0 Å². The fraction of sp³-hybridized carbons (Fsp3) is 0. The number of phenolic OH excluding ortho intramolecular Hbond substituents is 1. The molecule has 0 fully saturated rings. The van der Waals surface area contributed by atoms with Gasteiger partial charge in [-0.25, -0.2) is 0 Å². The van der Waals surface area contributed by atoms with Gasteiger partial charge in [0.25, 0.3) is 0 Å². The molecule has 1 aromatic carbocycles. The zero-order chi connectivity index (χ0) is 11.4. The van der Waals surface area contributed by atoms with Gasteiger partial charge in [0.05, 0.1) is 16.3 Å². The Bertz CT molecular complexity index is 404. The average Bonchev–Trinajstić information content (AvgIpc) is 2.08. The summed E-state index contributed by atoms with van der Waals surface area (Å²) in [5.41, 5.74) is 10.6. The van der Waals surface area contributed by atoms with E-state index in [1.165, 1.54) is 18.3 Å². The molecule has 0 atom stereocenters. The van der Waals surface area contributed by atoms with Crippen molar-refractivity contribution >= 4 is 35.4 Å². The lowest BCUT2D eigenvalue weighted by molar-refractivity contribution is 0.475. The van der Waals surface area contributed by atoms with Crippen LogP contribution in [-0.4, -0.2) is 17.3 Å². The maximum atomic E-state index is 9.15. The van der Waals surface area contributed by atoms with Crippen molar-refractivity contribution in [3.63, 3.8) is 0 Å². The minimum absolute atomic E-state index is 0.0241. The topological polar surface area (TPSA) is 97.0 Å². The molecule has 80 valence electrons. The number of phenols is 1. The van der Waals surface area contributed by atoms with Gasteiger partial charge < -0.3 is 16.6 Å². The molecule has 5 N–H and O–H groups in total. The fourth-order valence-corrected chi connectivity index (χ4v) is 1.42. The molecule has 0 unspecified atom stereocenters. The Labute approximate surface area is 96.0 Å². The standard InChI is InChI=1S/C8H8Cl2N4O/c9-6-1-4(15)2-7(10)5(6)3-13-14-8(11)12/h1-3,15H,(H4,11,12,14)/b13-3+. The van der Waals surface area contributed by atoms with Crippen LogP contribution in [0.4, 0.5) is 0 Å². The third-order valence-electron chi connectivity index (χ3n) is 1.42. The Balaban J connectivity index is 3.05. The molecule has 0 radical (unpaired) electrons. The molecule has 0 amide bonds. The summed E-state index contributed by atoms with van der Waals surface area (Å²) in [5.74, 6) is -0.193. The highest BCUT2D eigenvalue weighted by atomic mass is 35.5. The van der Waals surface area contributed by atoms with Gasteiger partial charge >= 0.3 is 0 Å². The van der Waals surface area contributed by atoms with Crippen molar-refractivity contribution in [1.82, 2.24) is 0 Å². The summed E-state index contributed by atoms with van der Waals surface area (Å²) in [6.07, 6.45) is 1.30. The van der Waals surface area contributed by atoms with Crippen LogP contribution in [0.3, 0.4) is 0 Å². The second-order valence-electron chi connectivity index (χ2n) is 2.59. The van der Waals surface area contributed by atoms with E-state index in [4.69, 9.17) is 39.8 Å². The number of nitrogens with zero attached hydrogens (tertiary/aromatic N) is 2. The summed E-state index contributed by atoms with van der Waals surface area (Å²) in [6, 6.07) is 2.68. The molecule has 0 aliphatic carbocycles. The summed E-state index contributed by atoms with van der Waals surface area (Å²) in [6.45, 7) is 0. The van der Waals surface area contributed by atoms with Crippen molar-refractivity contribution in [3.05, 3.63) is 27.7 Å². The minimum atomic E-state index is -0.169. The van der Waals surface area contributed by atoms with Crippen LogP contribution in [0, 0.1) is 0 Å². The van der Waals surface area contributed by atoms with E-state index < -0.39 is 0 Å². The van der Waals surface area contributed by atoms with E-state index >= 15 is 0 Å². The average molecular weight is 247 g/mol. The van der Waals surface area contributed by atoms with E-state index in [-0.39, 0.29) is 21.8 Å². The van der Waals surface area contributed by atoms with Crippen LogP contribution in [0.5, 0.6) is 5.75 Å². The van der Waals surface area contributed by atoms with Gasteiger partial charge in [-0.2, -0.15) is 5.10 Å². The minimum Gasteiger partial charge on any atom is -0.508 e. The monoisotopic (exact) mass is 246 g/mol. The van der Waals surface area contributed by atoms with Crippen molar-refractivity contribution in [3.8, 4) is 5.75 Å². The van der Waals surface area contributed by atoms with Gasteiger partial charge in [0.1, 0.15) is 5.75 Å². The summed E-state index contributed by atoms with van der Waals surface area (Å²) >= 11 is 11.6.